The fourth-order valence-electron chi connectivity index (χ4n) is 6.91. The number of fused-ring (bicyclic) bond motifs is 1. The van der Waals surface area contributed by atoms with Crippen LogP contribution in [0.25, 0.3) is 0 Å². The second-order valence-corrected chi connectivity index (χ2v) is 10.8. The summed E-state index contributed by atoms with van der Waals surface area (Å²) in [7, 11) is 3.45. The minimum absolute atomic E-state index is 0.0450. The van der Waals surface area contributed by atoms with Crippen LogP contribution in [0.2, 0.25) is 0 Å². The Labute approximate surface area is 226 Å². The highest BCUT2D eigenvalue weighted by Gasteiger charge is 2.62. The van der Waals surface area contributed by atoms with Crippen LogP contribution in [0, 0.1) is 13.8 Å². The summed E-state index contributed by atoms with van der Waals surface area (Å²) in [6.07, 6.45) is 0.811. The van der Waals surface area contributed by atoms with E-state index >= 15 is 0 Å². The van der Waals surface area contributed by atoms with Crippen LogP contribution < -0.4 is 19.7 Å². The fourth-order valence-corrected chi connectivity index (χ4v) is 6.91. The van der Waals surface area contributed by atoms with Crippen LogP contribution in [-0.2, 0) is 22.3 Å². The molecule has 6 nitrogen and oxygen atoms in total. The van der Waals surface area contributed by atoms with E-state index in [-0.39, 0.29) is 5.91 Å². The Morgan fingerprint density at radius 1 is 0.895 bits per heavy atom. The van der Waals surface area contributed by atoms with Crippen molar-refractivity contribution in [3.8, 4) is 11.5 Å². The van der Waals surface area contributed by atoms with Crippen LogP contribution in [0.1, 0.15) is 41.7 Å². The van der Waals surface area contributed by atoms with Gasteiger partial charge < -0.3 is 19.7 Å². The van der Waals surface area contributed by atoms with Gasteiger partial charge in [0.05, 0.1) is 14.2 Å². The second kappa shape index (κ2) is 9.99. The van der Waals surface area contributed by atoms with Gasteiger partial charge in [-0.05, 0) is 54.7 Å². The predicted octanol–water partition coefficient (Wildman–Crippen LogP) is 4.95. The van der Waals surface area contributed by atoms with Gasteiger partial charge in [0.25, 0.3) is 0 Å². The van der Waals surface area contributed by atoms with E-state index in [0.717, 1.165) is 60.9 Å². The summed E-state index contributed by atoms with van der Waals surface area (Å²) in [5, 5.41) is 3.54. The number of aryl methyl sites for hydroxylation is 2. The first-order valence-electron chi connectivity index (χ1n) is 13.4. The molecule has 38 heavy (non-hydrogen) atoms. The molecule has 1 aliphatic heterocycles. The summed E-state index contributed by atoms with van der Waals surface area (Å²) in [6.45, 7) is 11.5. The van der Waals surface area contributed by atoms with E-state index in [1.54, 1.807) is 21.1 Å². The van der Waals surface area contributed by atoms with Gasteiger partial charge in [-0.15, -0.1) is 0 Å². The monoisotopic (exact) mass is 513 g/mol. The van der Waals surface area contributed by atoms with Gasteiger partial charge in [0.15, 0.2) is 0 Å². The number of nitrogens with zero attached hydrogens (tertiary/aromatic N) is 2. The number of amides is 1. The molecular formula is C32H39N3O3. The summed E-state index contributed by atoms with van der Waals surface area (Å²) in [5.74, 6) is 1.68. The largest absolute Gasteiger partial charge is 0.497 e. The van der Waals surface area contributed by atoms with Crippen LogP contribution in [0.3, 0.4) is 0 Å². The zero-order valence-corrected chi connectivity index (χ0v) is 23.4. The van der Waals surface area contributed by atoms with Gasteiger partial charge in [0, 0.05) is 55.8 Å². The van der Waals surface area contributed by atoms with Gasteiger partial charge in [-0.2, -0.15) is 0 Å². The number of rotatable bonds is 6. The Morgan fingerprint density at radius 2 is 1.61 bits per heavy atom. The first-order valence-corrected chi connectivity index (χ1v) is 13.4. The normalized spacial score (nSPS) is 23.2. The van der Waals surface area contributed by atoms with Crippen LogP contribution in [-0.4, -0.2) is 51.2 Å². The molecule has 5 rings (SSSR count). The van der Waals surface area contributed by atoms with E-state index in [9.17, 15) is 4.79 Å². The fraction of sp³-hybridized carbons (Fsp3) is 0.406. The van der Waals surface area contributed by atoms with Gasteiger partial charge in [-0.25, -0.2) is 0 Å². The lowest BCUT2D eigenvalue weighted by molar-refractivity contribution is -0.127. The second-order valence-electron chi connectivity index (χ2n) is 10.8. The van der Waals surface area contributed by atoms with Crippen molar-refractivity contribution in [3.63, 3.8) is 0 Å². The number of anilines is 1. The number of hydrogen-bond donors (Lipinski definition) is 1. The van der Waals surface area contributed by atoms with Crippen molar-refractivity contribution in [2.75, 3.05) is 45.3 Å². The number of nitrogens with one attached hydrogen (secondary N) is 1. The predicted molar refractivity (Wildman–Crippen MR) is 152 cm³/mol. The zero-order chi connectivity index (χ0) is 27.1. The Kier molecular flexibility index (Phi) is 6.86. The zero-order valence-electron chi connectivity index (χ0n) is 23.4. The topological polar surface area (TPSA) is 54.0 Å². The number of carbonyl (C=O) groups excluding carboxylic acids is 1. The molecule has 1 aliphatic carbocycles. The molecule has 2 unspecified atom stereocenters. The minimum atomic E-state index is -0.766. The van der Waals surface area contributed by atoms with Crippen LogP contribution >= 0.6 is 0 Å². The van der Waals surface area contributed by atoms with Crippen molar-refractivity contribution >= 4 is 11.6 Å². The number of benzene rings is 3. The molecule has 0 radical (unpaired) electrons. The molecule has 0 saturated carbocycles. The highest BCUT2D eigenvalue weighted by molar-refractivity contribution is 5.76. The lowest BCUT2D eigenvalue weighted by Gasteiger charge is -2.54. The summed E-state index contributed by atoms with van der Waals surface area (Å²) < 4.78 is 11.6. The lowest BCUT2D eigenvalue weighted by atomic mass is 9.70. The quantitative estimate of drug-likeness (QED) is 0.506. The number of methoxy groups -OCH3 is 2. The van der Waals surface area contributed by atoms with Crippen molar-refractivity contribution in [1.82, 2.24) is 10.2 Å². The average molecular weight is 514 g/mol. The summed E-state index contributed by atoms with van der Waals surface area (Å²) in [6, 6.07) is 21.1. The first kappa shape index (κ1) is 26.1. The highest BCUT2D eigenvalue weighted by atomic mass is 16.5. The molecule has 2 atom stereocenters. The molecule has 1 amide bonds. The number of hydrogen-bond acceptors (Lipinski definition) is 5. The molecule has 6 heteroatoms. The number of carbonyl (C=O) groups is 1. The third kappa shape index (κ3) is 4.02. The molecule has 1 fully saturated rings. The van der Waals surface area contributed by atoms with Gasteiger partial charge >= 0.3 is 0 Å². The molecule has 2 aliphatic rings. The van der Waals surface area contributed by atoms with E-state index in [1.807, 2.05) is 12.1 Å². The summed E-state index contributed by atoms with van der Waals surface area (Å²) in [4.78, 5) is 18.0. The SMILES string of the molecule is COc1cccc(N2CCN(C3(NC(C)=O)c4c(c(C)cc(C)c4OC)CC3(C)c3ccccc3)CC2)c1. The molecule has 1 N–H and O–H groups in total. The van der Waals surface area contributed by atoms with Crippen molar-refractivity contribution in [2.45, 2.75) is 45.2 Å². The van der Waals surface area contributed by atoms with Crippen molar-refractivity contribution in [3.05, 3.63) is 88.5 Å². The van der Waals surface area contributed by atoms with Crippen molar-refractivity contribution in [1.29, 1.82) is 0 Å². The van der Waals surface area contributed by atoms with Crippen molar-refractivity contribution < 1.29 is 14.3 Å². The van der Waals surface area contributed by atoms with E-state index in [1.165, 1.54) is 16.7 Å². The van der Waals surface area contributed by atoms with Gasteiger partial charge in [0.2, 0.25) is 5.91 Å². The molecular weight excluding hydrogens is 474 g/mol. The highest BCUT2D eigenvalue weighted by Crippen LogP contribution is 2.57. The van der Waals surface area contributed by atoms with Gasteiger partial charge in [0.1, 0.15) is 17.2 Å². The molecule has 0 spiro atoms. The molecule has 3 aromatic rings. The maximum absolute atomic E-state index is 13.1. The standard InChI is InChI=1S/C32H39N3O3/c1-22-19-23(2)30(38-6)29-28(22)21-31(4,25-11-8-7-9-12-25)32(29,33-24(3)36)35-17-15-34(16-18-35)26-13-10-14-27(20-26)37-5/h7-14,19-20H,15-18,21H2,1-6H3,(H,33,36). The lowest BCUT2D eigenvalue weighted by Crippen LogP contribution is -2.69. The smallest absolute Gasteiger partial charge is 0.218 e. The molecule has 0 bridgehead atoms. The minimum Gasteiger partial charge on any atom is -0.497 e. The number of piperazine rings is 1. The summed E-state index contributed by atoms with van der Waals surface area (Å²) >= 11 is 0. The Bertz CT molecular complexity index is 1330. The third-order valence-corrected chi connectivity index (χ3v) is 8.63. The number of ether oxygens (including phenoxy) is 2. The van der Waals surface area contributed by atoms with E-state index in [4.69, 9.17) is 9.47 Å². The van der Waals surface area contributed by atoms with Crippen LogP contribution in [0.5, 0.6) is 11.5 Å². The average Bonchev–Trinajstić information content (AvgIpc) is 3.19. The Hall–Kier alpha value is -3.51. The van der Waals surface area contributed by atoms with Gasteiger partial charge in [-0.3, -0.25) is 9.69 Å². The maximum atomic E-state index is 13.1. The van der Waals surface area contributed by atoms with Crippen LogP contribution in [0.4, 0.5) is 5.69 Å². The molecule has 200 valence electrons. The Morgan fingerprint density at radius 3 is 2.24 bits per heavy atom. The maximum Gasteiger partial charge on any atom is 0.218 e. The molecule has 1 heterocycles. The molecule has 1 saturated heterocycles. The van der Waals surface area contributed by atoms with Crippen molar-refractivity contribution in [2.24, 2.45) is 0 Å². The van der Waals surface area contributed by atoms with E-state index < -0.39 is 11.1 Å². The van der Waals surface area contributed by atoms with Crippen LogP contribution in [0.15, 0.2) is 60.7 Å². The Balaban J connectivity index is 1.66. The molecule has 3 aromatic carbocycles. The van der Waals surface area contributed by atoms with E-state index in [0.29, 0.717) is 0 Å². The van der Waals surface area contributed by atoms with E-state index in [2.05, 4.69) is 84.4 Å². The first-order chi connectivity index (χ1) is 18.2. The third-order valence-electron chi connectivity index (χ3n) is 8.63. The summed E-state index contributed by atoms with van der Waals surface area (Å²) in [5.41, 5.74) is 5.88. The molecule has 0 aromatic heterocycles. The van der Waals surface area contributed by atoms with Gasteiger partial charge in [-0.1, -0.05) is 49.4 Å².